The van der Waals surface area contributed by atoms with Gasteiger partial charge < -0.3 is 9.47 Å². The van der Waals surface area contributed by atoms with Gasteiger partial charge in [-0.1, -0.05) is 35.3 Å². The Labute approximate surface area is 142 Å². The van der Waals surface area contributed by atoms with Crippen molar-refractivity contribution >= 4 is 35.1 Å². The van der Waals surface area contributed by atoms with Crippen LogP contribution in [0.25, 0.3) is 11.1 Å². The molecule has 0 unspecified atom stereocenters. The van der Waals surface area contributed by atoms with Crippen LogP contribution in [0.1, 0.15) is 31.8 Å². The van der Waals surface area contributed by atoms with Gasteiger partial charge in [0.2, 0.25) is 0 Å². The molecule has 1 aliphatic rings. The first-order chi connectivity index (χ1) is 10.9. The van der Waals surface area contributed by atoms with E-state index in [4.69, 9.17) is 32.7 Å². The van der Waals surface area contributed by atoms with Crippen LogP contribution >= 0.6 is 23.2 Å². The van der Waals surface area contributed by atoms with Gasteiger partial charge in [-0.2, -0.15) is 0 Å². The Balaban J connectivity index is 2.17. The number of carbonyl (C=O) groups excluding carboxylic acids is 2. The molecule has 0 bridgehead atoms. The van der Waals surface area contributed by atoms with Gasteiger partial charge in [-0.05, 0) is 35.4 Å². The normalized spacial score (nSPS) is 13.9. The van der Waals surface area contributed by atoms with Crippen LogP contribution in [0, 0.1) is 0 Å². The largest absolute Gasteiger partial charge is 0.465 e. The van der Waals surface area contributed by atoms with Crippen molar-refractivity contribution in [1.29, 1.82) is 0 Å². The Bertz CT molecular complexity index is 760. The summed E-state index contributed by atoms with van der Waals surface area (Å²) < 4.78 is 8.08. The Morgan fingerprint density at radius 1 is 0.826 bits per heavy atom. The Kier molecular flexibility index (Phi) is 3.82. The van der Waals surface area contributed by atoms with E-state index in [-0.39, 0.29) is 0 Å². The second kappa shape index (κ2) is 5.55. The first-order valence-corrected chi connectivity index (χ1v) is 7.49. The fraction of sp³-hybridized carbons (Fsp3) is 0.176. The highest BCUT2D eigenvalue weighted by Crippen LogP contribution is 2.54. The molecule has 0 amide bonds. The van der Waals surface area contributed by atoms with Gasteiger partial charge >= 0.3 is 11.9 Å². The molecule has 0 atom stereocenters. The Morgan fingerprint density at radius 2 is 1.22 bits per heavy atom. The average Bonchev–Trinajstić information content (AvgIpc) is 2.80. The summed E-state index contributed by atoms with van der Waals surface area (Å²) in [5, 5.41) is 0. The van der Waals surface area contributed by atoms with E-state index in [0.717, 1.165) is 11.1 Å². The lowest BCUT2D eigenvalue weighted by molar-refractivity contribution is 0.0592. The maximum absolute atomic E-state index is 11.7. The second-order valence-corrected chi connectivity index (χ2v) is 6.41. The molecule has 23 heavy (non-hydrogen) atoms. The van der Waals surface area contributed by atoms with E-state index in [1.54, 1.807) is 36.4 Å². The van der Waals surface area contributed by atoms with Crippen LogP contribution in [-0.2, 0) is 13.8 Å². The summed E-state index contributed by atoms with van der Waals surface area (Å²) in [6.07, 6.45) is 0. The molecule has 2 aromatic rings. The van der Waals surface area contributed by atoms with Crippen molar-refractivity contribution in [3.8, 4) is 11.1 Å². The molecule has 3 rings (SSSR count). The lowest BCUT2D eigenvalue weighted by Crippen LogP contribution is -2.11. The van der Waals surface area contributed by atoms with E-state index in [0.29, 0.717) is 22.3 Å². The fourth-order valence-corrected chi connectivity index (χ4v) is 3.34. The van der Waals surface area contributed by atoms with Crippen molar-refractivity contribution in [3.05, 3.63) is 58.7 Å². The Morgan fingerprint density at radius 3 is 1.57 bits per heavy atom. The van der Waals surface area contributed by atoms with Crippen LogP contribution in [0.2, 0.25) is 0 Å². The summed E-state index contributed by atoms with van der Waals surface area (Å²) in [4.78, 5) is 23.4. The number of fused-ring (bicyclic) bond motifs is 3. The summed E-state index contributed by atoms with van der Waals surface area (Å²) in [6.45, 7) is 0. The van der Waals surface area contributed by atoms with Crippen molar-refractivity contribution < 1.29 is 19.1 Å². The first-order valence-electron chi connectivity index (χ1n) is 6.74. The van der Waals surface area contributed by atoms with Crippen molar-refractivity contribution in [3.63, 3.8) is 0 Å². The number of methoxy groups -OCH3 is 2. The molecule has 118 valence electrons. The number of hydrogen-bond donors (Lipinski definition) is 0. The third kappa shape index (κ3) is 2.38. The maximum Gasteiger partial charge on any atom is 0.337 e. The second-order valence-electron chi connectivity index (χ2n) is 5.08. The van der Waals surface area contributed by atoms with Gasteiger partial charge in [0.1, 0.15) is 0 Å². The van der Waals surface area contributed by atoms with Crippen LogP contribution in [0.5, 0.6) is 0 Å². The average molecular weight is 351 g/mol. The number of ether oxygens (including phenoxy) is 2. The third-order valence-electron chi connectivity index (χ3n) is 3.85. The molecule has 0 radical (unpaired) electrons. The first kappa shape index (κ1) is 15.8. The third-order valence-corrected chi connectivity index (χ3v) is 4.66. The minimum Gasteiger partial charge on any atom is -0.465 e. The molecule has 2 aromatic carbocycles. The van der Waals surface area contributed by atoms with Crippen LogP contribution in [-0.4, -0.2) is 26.2 Å². The fourth-order valence-electron chi connectivity index (χ4n) is 2.71. The SMILES string of the molecule is COC(=O)c1ccc2c(c1)C(Cl)(Cl)c1cc(C(=O)OC)ccc1-2. The number of carbonyl (C=O) groups is 2. The van der Waals surface area contributed by atoms with E-state index >= 15 is 0 Å². The molecule has 0 saturated heterocycles. The van der Waals surface area contributed by atoms with Gasteiger partial charge in [-0.3, -0.25) is 0 Å². The van der Waals surface area contributed by atoms with Crippen molar-refractivity contribution in [2.45, 2.75) is 4.33 Å². The standard InChI is InChI=1S/C17H12Cl2O4/c1-22-15(20)9-3-5-11-12-6-4-10(16(21)23-2)8-14(12)17(18,19)13(11)7-9/h3-8H,1-2H3. The zero-order chi connectivity index (χ0) is 16.8. The smallest absolute Gasteiger partial charge is 0.337 e. The van der Waals surface area contributed by atoms with Gasteiger partial charge in [0, 0.05) is 11.1 Å². The number of benzene rings is 2. The number of alkyl halides is 2. The molecule has 0 N–H and O–H groups in total. The lowest BCUT2D eigenvalue weighted by Gasteiger charge is -2.16. The van der Waals surface area contributed by atoms with E-state index < -0.39 is 16.3 Å². The summed E-state index contributed by atoms with van der Waals surface area (Å²) in [5.41, 5.74) is 3.51. The molecule has 0 aliphatic heterocycles. The number of hydrogen-bond acceptors (Lipinski definition) is 4. The zero-order valence-electron chi connectivity index (χ0n) is 12.4. The highest BCUT2D eigenvalue weighted by molar-refractivity contribution is 6.51. The van der Waals surface area contributed by atoms with Gasteiger partial charge in [0.25, 0.3) is 0 Å². The van der Waals surface area contributed by atoms with Gasteiger partial charge in [0.05, 0.1) is 25.3 Å². The molecule has 4 nitrogen and oxygen atoms in total. The van der Waals surface area contributed by atoms with Gasteiger partial charge in [-0.15, -0.1) is 0 Å². The molecule has 0 fully saturated rings. The number of esters is 2. The molecule has 0 spiro atoms. The number of halogens is 2. The van der Waals surface area contributed by atoms with E-state index in [1.807, 2.05) is 0 Å². The van der Waals surface area contributed by atoms with E-state index in [1.165, 1.54) is 14.2 Å². The lowest BCUT2D eigenvalue weighted by atomic mass is 10.0. The molecule has 0 saturated carbocycles. The monoisotopic (exact) mass is 350 g/mol. The van der Waals surface area contributed by atoms with Crippen LogP contribution in [0.15, 0.2) is 36.4 Å². The molecule has 1 aliphatic carbocycles. The highest BCUT2D eigenvalue weighted by atomic mass is 35.5. The minimum absolute atomic E-state index is 0.359. The summed E-state index contributed by atoms with van der Waals surface area (Å²) >= 11 is 13.1. The van der Waals surface area contributed by atoms with Crippen molar-refractivity contribution in [2.24, 2.45) is 0 Å². The van der Waals surface area contributed by atoms with Crippen LogP contribution in [0.3, 0.4) is 0 Å². The van der Waals surface area contributed by atoms with E-state index in [2.05, 4.69) is 0 Å². The van der Waals surface area contributed by atoms with Gasteiger partial charge in [0.15, 0.2) is 4.33 Å². The minimum atomic E-state index is -1.36. The molecule has 0 heterocycles. The van der Waals surface area contributed by atoms with Crippen molar-refractivity contribution in [2.75, 3.05) is 14.2 Å². The number of rotatable bonds is 2. The van der Waals surface area contributed by atoms with E-state index in [9.17, 15) is 9.59 Å². The topological polar surface area (TPSA) is 52.6 Å². The molecular formula is C17H12Cl2O4. The van der Waals surface area contributed by atoms with Crippen molar-refractivity contribution in [1.82, 2.24) is 0 Å². The highest BCUT2D eigenvalue weighted by Gasteiger charge is 2.41. The Hall–Kier alpha value is -2.04. The quantitative estimate of drug-likeness (QED) is 0.608. The van der Waals surface area contributed by atoms with Crippen LogP contribution in [0.4, 0.5) is 0 Å². The van der Waals surface area contributed by atoms with Crippen LogP contribution < -0.4 is 0 Å². The van der Waals surface area contributed by atoms with Gasteiger partial charge in [-0.25, -0.2) is 9.59 Å². The molecule has 6 heteroatoms. The molecule has 0 aromatic heterocycles. The predicted molar refractivity (Wildman–Crippen MR) is 87.0 cm³/mol. The molecular weight excluding hydrogens is 339 g/mol. The summed E-state index contributed by atoms with van der Waals surface area (Å²) in [5.74, 6) is -0.939. The zero-order valence-corrected chi connectivity index (χ0v) is 13.9. The summed E-state index contributed by atoms with van der Waals surface area (Å²) in [6, 6.07) is 10.1. The summed E-state index contributed by atoms with van der Waals surface area (Å²) in [7, 11) is 2.61. The predicted octanol–water partition coefficient (Wildman–Crippen LogP) is 3.92. The maximum atomic E-state index is 11.7.